The highest BCUT2D eigenvalue weighted by molar-refractivity contribution is 5.42. The van der Waals surface area contributed by atoms with Crippen LogP contribution in [-0.4, -0.2) is 34.5 Å². The first-order valence-electron chi connectivity index (χ1n) is 6.77. The van der Waals surface area contributed by atoms with Crippen molar-refractivity contribution in [1.82, 2.24) is 5.32 Å². The van der Waals surface area contributed by atoms with Crippen LogP contribution in [0.3, 0.4) is 0 Å². The van der Waals surface area contributed by atoms with Gasteiger partial charge in [-0.15, -0.1) is 0 Å². The fraction of sp³-hybridized carbons (Fsp3) is 0.600. The van der Waals surface area contributed by atoms with E-state index in [1.54, 1.807) is 14.2 Å². The monoisotopic (exact) mass is 265 g/mol. The van der Waals surface area contributed by atoms with Crippen LogP contribution in [0.2, 0.25) is 0 Å². The van der Waals surface area contributed by atoms with Gasteiger partial charge in [0.2, 0.25) is 0 Å². The highest BCUT2D eigenvalue weighted by atomic mass is 16.5. The van der Waals surface area contributed by atoms with Crippen molar-refractivity contribution >= 4 is 0 Å². The van der Waals surface area contributed by atoms with Crippen molar-refractivity contribution in [2.45, 2.75) is 18.9 Å². The first kappa shape index (κ1) is 14.2. The normalized spacial score (nSPS) is 18.1. The molecule has 4 heteroatoms. The van der Waals surface area contributed by atoms with Crippen molar-refractivity contribution in [2.24, 2.45) is 5.92 Å². The van der Waals surface area contributed by atoms with E-state index in [4.69, 9.17) is 14.2 Å². The predicted octanol–water partition coefficient (Wildman–Crippen LogP) is 2.39. The van der Waals surface area contributed by atoms with Gasteiger partial charge in [0, 0.05) is 30.9 Å². The van der Waals surface area contributed by atoms with Crippen molar-refractivity contribution in [1.29, 1.82) is 0 Å². The van der Waals surface area contributed by atoms with Gasteiger partial charge in [-0.1, -0.05) is 6.07 Å². The number of hydrogen-bond donors (Lipinski definition) is 1. The molecule has 0 amide bonds. The zero-order chi connectivity index (χ0) is 13.7. The second-order valence-corrected chi connectivity index (χ2v) is 4.82. The summed E-state index contributed by atoms with van der Waals surface area (Å²) in [6.45, 7) is 1.70. The molecule has 1 heterocycles. The Morgan fingerprint density at radius 1 is 1.21 bits per heavy atom. The Morgan fingerprint density at radius 2 is 1.95 bits per heavy atom. The second kappa shape index (κ2) is 6.78. The minimum Gasteiger partial charge on any atom is -0.497 e. The van der Waals surface area contributed by atoms with Gasteiger partial charge in [-0.25, -0.2) is 0 Å². The maximum atomic E-state index is 5.51. The van der Waals surface area contributed by atoms with Crippen molar-refractivity contribution in [3.05, 3.63) is 23.8 Å². The topological polar surface area (TPSA) is 39.7 Å². The Hall–Kier alpha value is -1.26. The summed E-state index contributed by atoms with van der Waals surface area (Å²) in [6.07, 6.45) is 2.17. The van der Waals surface area contributed by atoms with Gasteiger partial charge < -0.3 is 19.5 Å². The lowest BCUT2D eigenvalue weighted by molar-refractivity contribution is 0.0543. The van der Waals surface area contributed by atoms with Gasteiger partial charge in [0.25, 0.3) is 0 Å². The molecule has 0 spiro atoms. The predicted molar refractivity (Wildman–Crippen MR) is 74.9 cm³/mol. The van der Waals surface area contributed by atoms with Crippen LogP contribution in [-0.2, 0) is 4.74 Å². The Morgan fingerprint density at radius 3 is 2.53 bits per heavy atom. The van der Waals surface area contributed by atoms with Gasteiger partial charge in [-0.05, 0) is 31.9 Å². The van der Waals surface area contributed by atoms with Crippen molar-refractivity contribution in [2.75, 3.05) is 34.5 Å². The lowest BCUT2D eigenvalue weighted by Crippen LogP contribution is -2.30. The molecule has 1 aromatic carbocycles. The van der Waals surface area contributed by atoms with Crippen LogP contribution in [0.1, 0.15) is 24.4 Å². The molecular weight excluding hydrogens is 242 g/mol. The van der Waals surface area contributed by atoms with E-state index in [0.717, 1.165) is 37.6 Å². The molecule has 1 aliphatic heterocycles. The molecular formula is C15H23NO3. The van der Waals surface area contributed by atoms with Crippen LogP contribution in [0, 0.1) is 5.92 Å². The number of hydrogen-bond acceptors (Lipinski definition) is 4. The van der Waals surface area contributed by atoms with Gasteiger partial charge in [0.15, 0.2) is 0 Å². The molecule has 1 fully saturated rings. The Labute approximate surface area is 115 Å². The Bertz CT molecular complexity index is 402. The van der Waals surface area contributed by atoms with E-state index in [-0.39, 0.29) is 0 Å². The molecule has 1 aliphatic rings. The zero-order valence-electron chi connectivity index (χ0n) is 11.9. The van der Waals surface area contributed by atoms with Crippen molar-refractivity contribution in [3.8, 4) is 11.5 Å². The third-order valence-electron chi connectivity index (χ3n) is 3.82. The lowest BCUT2D eigenvalue weighted by Gasteiger charge is -2.31. The first-order chi connectivity index (χ1) is 9.30. The molecule has 1 unspecified atom stereocenters. The van der Waals surface area contributed by atoms with Gasteiger partial charge in [0.1, 0.15) is 11.5 Å². The molecule has 2 rings (SSSR count). The quantitative estimate of drug-likeness (QED) is 0.887. The number of benzene rings is 1. The number of ether oxygens (including phenoxy) is 3. The van der Waals surface area contributed by atoms with E-state index in [9.17, 15) is 0 Å². The van der Waals surface area contributed by atoms with E-state index < -0.39 is 0 Å². The molecule has 19 heavy (non-hydrogen) atoms. The minimum atomic E-state index is 0.296. The van der Waals surface area contributed by atoms with Crippen LogP contribution >= 0.6 is 0 Å². The number of rotatable bonds is 5. The molecule has 0 bridgehead atoms. The standard InChI is InChI=1S/C15H23NO3/c1-16-15(11-6-8-19-9-7-11)13-5-4-12(17-2)10-14(13)18-3/h4-5,10-11,15-16H,6-9H2,1-3H3. The average molecular weight is 265 g/mol. The summed E-state index contributed by atoms with van der Waals surface area (Å²) in [7, 11) is 5.38. The maximum Gasteiger partial charge on any atom is 0.127 e. The zero-order valence-corrected chi connectivity index (χ0v) is 11.9. The SMILES string of the molecule is CNC(c1ccc(OC)cc1OC)C1CCOCC1. The van der Waals surface area contributed by atoms with Crippen LogP contribution in [0.25, 0.3) is 0 Å². The summed E-state index contributed by atoms with van der Waals surface area (Å²) < 4.78 is 16.2. The molecule has 0 aromatic heterocycles. The van der Waals surface area contributed by atoms with E-state index in [1.807, 2.05) is 19.2 Å². The largest absolute Gasteiger partial charge is 0.497 e. The summed E-state index contributed by atoms with van der Waals surface area (Å²) in [5, 5.41) is 3.42. The fourth-order valence-electron chi connectivity index (χ4n) is 2.77. The molecule has 0 radical (unpaired) electrons. The minimum absolute atomic E-state index is 0.296. The van der Waals surface area contributed by atoms with Crippen LogP contribution < -0.4 is 14.8 Å². The summed E-state index contributed by atoms with van der Waals surface area (Å²) in [6, 6.07) is 6.32. The van der Waals surface area contributed by atoms with Gasteiger partial charge in [-0.3, -0.25) is 0 Å². The van der Waals surface area contributed by atoms with Crippen LogP contribution in [0.15, 0.2) is 18.2 Å². The van der Waals surface area contributed by atoms with Crippen molar-refractivity contribution < 1.29 is 14.2 Å². The number of nitrogens with one attached hydrogen (secondary N) is 1. The fourth-order valence-corrected chi connectivity index (χ4v) is 2.77. The highest BCUT2D eigenvalue weighted by Crippen LogP contribution is 2.36. The molecule has 1 atom stereocenters. The van der Waals surface area contributed by atoms with Crippen LogP contribution in [0.4, 0.5) is 0 Å². The van der Waals surface area contributed by atoms with E-state index in [1.165, 1.54) is 5.56 Å². The third kappa shape index (κ3) is 3.19. The molecule has 106 valence electrons. The Kier molecular flexibility index (Phi) is 5.05. The van der Waals surface area contributed by atoms with Crippen molar-refractivity contribution in [3.63, 3.8) is 0 Å². The molecule has 1 saturated heterocycles. The summed E-state index contributed by atoms with van der Waals surface area (Å²) >= 11 is 0. The van der Waals surface area contributed by atoms with Crippen LogP contribution in [0.5, 0.6) is 11.5 Å². The van der Waals surface area contributed by atoms with Gasteiger partial charge >= 0.3 is 0 Å². The lowest BCUT2D eigenvalue weighted by atomic mass is 9.86. The number of methoxy groups -OCH3 is 2. The Balaban J connectivity index is 2.26. The summed E-state index contributed by atoms with van der Waals surface area (Å²) in [5.41, 5.74) is 1.19. The summed E-state index contributed by atoms with van der Waals surface area (Å²) in [5.74, 6) is 2.29. The molecule has 0 saturated carbocycles. The molecule has 4 nitrogen and oxygen atoms in total. The second-order valence-electron chi connectivity index (χ2n) is 4.82. The van der Waals surface area contributed by atoms with E-state index >= 15 is 0 Å². The van der Waals surface area contributed by atoms with E-state index in [0.29, 0.717) is 12.0 Å². The third-order valence-corrected chi connectivity index (χ3v) is 3.82. The highest BCUT2D eigenvalue weighted by Gasteiger charge is 2.26. The van der Waals surface area contributed by atoms with E-state index in [2.05, 4.69) is 11.4 Å². The molecule has 1 aromatic rings. The van der Waals surface area contributed by atoms with Gasteiger partial charge in [-0.2, -0.15) is 0 Å². The molecule has 0 aliphatic carbocycles. The average Bonchev–Trinajstić information content (AvgIpc) is 2.49. The first-order valence-corrected chi connectivity index (χ1v) is 6.77. The smallest absolute Gasteiger partial charge is 0.127 e. The van der Waals surface area contributed by atoms with Gasteiger partial charge in [0.05, 0.1) is 14.2 Å². The molecule has 1 N–H and O–H groups in total. The maximum absolute atomic E-state index is 5.51. The summed E-state index contributed by atoms with van der Waals surface area (Å²) in [4.78, 5) is 0.